The highest BCUT2D eigenvalue weighted by Gasteiger charge is 2.22. The van der Waals surface area contributed by atoms with E-state index in [0.717, 1.165) is 4.88 Å². The van der Waals surface area contributed by atoms with Crippen LogP contribution >= 0.6 is 11.3 Å². The molecule has 0 spiro atoms. The van der Waals surface area contributed by atoms with Crippen LogP contribution in [0.1, 0.15) is 18.7 Å². The number of benzene rings is 2. The lowest BCUT2D eigenvalue weighted by molar-refractivity contribution is -0.116. The number of thiophene rings is 1. The standard InChI is InChI=1S/C25H25FN4O4S2/c1-4-30(5-2)36(33,34)20-12-10-19(11-13-20)28-21(31)14-29-15-27-24-23(25(29)32)22(16(3)35-24)17-6-8-18(26)9-7-17/h6-13,15H,4-5,14H2,1-3H3,(H,28,31). The number of sulfonamides is 1. The van der Waals surface area contributed by atoms with Crippen LogP contribution < -0.4 is 10.9 Å². The van der Waals surface area contributed by atoms with E-state index in [1.165, 1.54) is 62.9 Å². The number of fused-ring (bicyclic) bond motifs is 1. The van der Waals surface area contributed by atoms with Gasteiger partial charge in [-0.2, -0.15) is 4.31 Å². The number of anilines is 1. The summed E-state index contributed by atoms with van der Waals surface area (Å²) in [5.41, 5.74) is 1.40. The number of hydrogen-bond donors (Lipinski definition) is 1. The molecule has 0 radical (unpaired) electrons. The molecule has 0 saturated heterocycles. The van der Waals surface area contributed by atoms with Gasteiger partial charge in [0.2, 0.25) is 15.9 Å². The SMILES string of the molecule is CCN(CC)S(=O)(=O)c1ccc(NC(=O)Cn2cnc3sc(C)c(-c4ccc(F)cc4)c3c2=O)cc1. The van der Waals surface area contributed by atoms with Gasteiger partial charge in [-0.15, -0.1) is 11.3 Å². The molecule has 0 saturated carbocycles. The second-order valence-electron chi connectivity index (χ2n) is 8.06. The molecule has 2 heterocycles. The summed E-state index contributed by atoms with van der Waals surface area (Å²) < 4.78 is 41.2. The third kappa shape index (κ3) is 4.95. The Hall–Kier alpha value is -3.41. The van der Waals surface area contributed by atoms with Crippen LogP contribution in [0.25, 0.3) is 21.3 Å². The van der Waals surface area contributed by atoms with Gasteiger partial charge in [0.05, 0.1) is 16.6 Å². The summed E-state index contributed by atoms with van der Waals surface area (Å²) in [5, 5.41) is 3.07. The van der Waals surface area contributed by atoms with E-state index in [9.17, 15) is 22.4 Å². The predicted octanol–water partition coefficient (Wildman–Crippen LogP) is 4.24. The van der Waals surface area contributed by atoms with E-state index in [2.05, 4.69) is 10.3 Å². The van der Waals surface area contributed by atoms with E-state index in [4.69, 9.17) is 0 Å². The average Bonchev–Trinajstić information content (AvgIpc) is 3.19. The number of hydrogen-bond acceptors (Lipinski definition) is 6. The Morgan fingerprint density at radius 3 is 2.33 bits per heavy atom. The number of carbonyl (C=O) groups is 1. The number of nitrogens with one attached hydrogen (secondary N) is 1. The summed E-state index contributed by atoms with van der Waals surface area (Å²) in [6.45, 7) is 5.84. The van der Waals surface area contributed by atoms with Gasteiger partial charge in [-0.3, -0.25) is 14.2 Å². The second-order valence-corrected chi connectivity index (χ2v) is 11.2. The molecule has 8 nitrogen and oxygen atoms in total. The quantitative estimate of drug-likeness (QED) is 0.369. The van der Waals surface area contributed by atoms with Crippen molar-refractivity contribution in [2.45, 2.75) is 32.2 Å². The second kappa shape index (κ2) is 10.3. The Morgan fingerprint density at radius 1 is 1.08 bits per heavy atom. The fourth-order valence-corrected chi connectivity index (χ4v) is 6.45. The van der Waals surface area contributed by atoms with Gasteiger partial charge in [0.1, 0.15) is 17.2 Å². The number of aryl methyl sites for hydroxylation is 1. The summed E-state index contributed by atoms with van der Waals surface area (Å²) in [6, 6.07) is 11.8. The minimum atomic E-state index is -3.60. The topological polar surface area (TPSA) is 101 Å². The van der Waals surface area contributed by atoms with Gasteiger partial charge in [0.25, 0.3) is 5.56 Å². The van der Waals surface area contributed by atoms with E-state index in [1.54, 1.807) is 26.0 Å². The first kappa shape index (κ1) is 25.7. The van der Waals surface area contributed by atoms with Crippen molar-refractivity contribution in [2.75, 3.05) is 18.4 Å². The van der Waals surface area contributed by atoms with Gasteiger partial charge in [0.15, 0.2) is 0 Å². The smallest absolute Gasteiger partial charge is 0.263 e. The lowest BCUT2D eigenvalue weighted by atomic mass is 10.0. The van der Waals surface area contributed by atoms with Crippen LogP contribution in [0.2, 0.25) is 0 Å². The molecule has 1 N–H and O–H groups in total. The molecule has 1 amide bonds. The molecule has 2 aromatic carbocycles. The minimum Gasteiger partial charge on any atom is -0.325 e. The molecule has 0 aliphatic heterocycles. The predicted molar refractivity (Wildman–Crippen MR) is 139 cm³/mol. The first-order valence-corrected chi connectivity index (χ1v) is 13.6. The summed E-state index contributed by atoms with van der Waals surface area (Å²) in [6.07, 6.45) is 1.33. The fraction of sp³-hybridized carbons (Fsp3) is 0.240. The monoisotopic (exact) mass is 528 g/mol. The molecule has 4 rings (SSSR count). The van der Waals surface area contributed by atoms with Crippen molar-refractivity contribution in [1.29, 1.82) is 0 Å². The maximum Gasteiger partial charge on any atom is 0.263 e. The Kier molecular flexibility index (Phi) is 7.34. The molecule has 0 fully saturated rings. The van der Waals surface area contributed by atoms with Crippen molar-refractivity contribution in [3.8, 4) is 11.1 Å². The zero-order chi connectivity index (χ0) is 26.0. The highest BCUT2D eigenvalue weighted by atomic mass is 32.2. The van der Waals surface area contributed by atoms with Crippen molar-refractivity contribution in [1.82, 2.24) is 13.9 Å². The lowest BCUT2D eigenvalue weighted by Gasteiger charge is -2.18. The van der Waals surface area contributed by atoms with Crippen LogP contribution in [0, 0.1) is 12.7 Å². The molecule has 0 aliphatic carbocycles. The summed E-state index contributed by atoms with van der Waals surface area (Å²) in [4.78, 5) is 31.9. The molecular formula is C25H25FN4O4S2. The van der Waals surface area contributed by atoms with Gasteiger partial charge in [0, 0.05) is 29.2 Å². The molecule has 36 heavy (non-hydrogen) atoms. The Bertz CT molecular complexity index is 1570. The third-order valence-corrected chi connectivity index (χ3v) is 8.86. The fourth-order valence-electron chi connectivity index (χ4n) is 3.99. The van der Waals surface area contributed by atoms with E-state index in [1.807, 2.05) is 6.92 Å². The van der Waals surface area contributed by atoms with Crippen molar-refractivity contribution in [3.63, 3.8) is 0 Å². The number of aromatic nitrogens is 2. The van der Waals surface area contributed by atoms with Crippen LogP contribution in [0.3, 0.4) is 0 Å². The molecule has 2 aromatic heterocycles. The molecule has 4 aromatic rings. The first-order valence-electron chi connectivity index (χ1n) is 11.3. The zero-order valence-corrected chi connectivity index (χ0v) is 21.6. The van der Waals surface area contributed by atoms with Gasteiger partial charge in [-0.25, -0.2) is 17.8 Å². The molecule has 0 unspecified atom stereocenters. The minimum absolute atomic E-state index is 0.135. The van der Waals surface area contributed by atoms with Crippen LogP contribution in [0.5, 0.6) is 0 Å². The zero-order valence-electron chi connectivity index (χ0n) is 20.0. The molecule has 11 heteroatoms. The van der Waals surface area contributed by atoms with E-state index in [0.29, 0.717) is 40.1 Å². The van der Waals surface area contributed by atoms with Crippen LogP contribution in [0.4, 0.5) is 10.1 Å². The summed E-state index contributed by atoms with van der Waals surface area (Å²) in [5.74, 6) is -0.838. The number of amides is 1. The van der Waals surface area contributed by atoms with Crippen LogP contribution in [-0.2, 0) is 21.4 Å². The van der Waals surface area contributed by atoms with Gasteiger partial charge in [-0.1, -0.05) is 26.0 Å². The Morgan fingerprint density at radius 2 is 1.72 bits per heavy atom. The van der Waals surface area contributed by atoms with E-state index < -0.39 is 15.9 Å². The van der Waals surface area contributed by atoms with E-state index in [-0.39, 0.29) is 22.8 Å². The lowest BCUT2D eigenvalue weighted by Crippen LogP contribution is -2.30. The summed E-state index contributed by atoms with van der Waals surface area (Å²) >= 11 is 1.36. The molecule has 0 aliphatic rings. The maximum absolute atomic E-state index is 13.4. The molecular weight excluding hydrogens is 503 g/mol. The average molecular weight is 529 g/mol. The largest absolute Gasteiger partial charge is 0.325 e. The van der Waals surface area contributed by atoms with E-state index >= 15 is 0 Å². The summed E-state index contributed by atoms with van der Waals surface area (Å²) in [7, 11) is -3.60. The highest BCUT2D eigenvalue weighted by molar-refractivity contribution is 7.89. The molecule has 0 bridgehead atoms. The maximum atomic E-state index is 13.4. The Balaban J connectivity index is 1.57. The van der Waals surface area contributed by atoms with Gasteiger partial charge < -0.3 is 5.32 Å². The number of halogens is 1. The van der Waals surface area contributed by atoms with Crippen molar-refractivity contribution in [2.24, 2.45) is 0 Å². The van der Waals surface area contributed by atoms with Crippen molar-refractivity contribution >= 4 is 43.2 Å². The molecule has 188 valence electrons. The molecule has 0 atom stereocenters. The van der Waals surface area contributed by atoms with Gasteiger partial charge in [-0.05, 0) is 48.9 Å². The van der Waals surface area contributed by atoms with Crippen LogP contribution in [0.15, 0.2) is 64.5 Å². The van der Waals surface area contributed by atoms with Gasteiger partial charge >= 0.3 is 0 Å². The number of nitrogens with zero attached hydrogens (tertiary/aromatic N) is 3. The first-order chi connectivity index (χ1) is 17.1. The van der Waals surface area contributed by atoms with Crippen molar-refractivity contribution < 1.29 is 17.6 Å². The Labute approximate surface area is 212 Å². The number of carbonyl (C=O) groups excluding carboxylic acids is 1. The highest BCUT2D eigenvalue weighted by Crippen LogP contribution is 2.35. The van der Waals surface area contributed by atoms with Crippen LogP contribution in [-0.4, -0.2) is 41.3 Å². The third-order valence-electron chi connectivity index (χ3n) is 5.78. The van der Waals surface area contributed by atoms with Crippen molar-refractivity contribution in [3.05, 3.63) is 75.9 Å². The normalized spacial score (nSPS) is 11.8. The number of rotatable bonds is 8.